The van der Waals surface area contributed by atoms with Gasteiger partial charge < -0.3 is 9.47 Å². The minimum Gasteiger partial charge on any atom is -0.493 e. The average Bonchev–Trinajstić information content (AvgIpc) is 3.21. The number of ether oxygens (including phenoxy) is 2. The van der Waals surface area contributed by atoms with Crippen LogP contribution >= 0.6 is 23.2 Å². The summed E-state index contributed by atoms with van der Waals surface area (Å²) in [6, 6.07) is 12.0. The highest BCUT2D eigenvalue weighted by atomic mass is 35.5. The van der Waals surface area contributed by atoms with Gasteiger partial charge in [-0.05, 0) is 49.4 Å². The fourth-order valence-electron chi connectivity index (χ4n) is 2.59. The molecule has 0 aliphatic carbocycles. The zero-order valence-electron chi connectivity index (χ0n) is 15.9. The highest BCUT2D eigenvalue weighted by Crippen LogP contribution is 2.29. The van der Waals surface area contributed by atoms with Crippen molar-refractivity contribution in [3.8, 4) is 22.8 Å². The van der Waals surface area contributed by atoms with Crippen LogP contribution in [0.3, 0.4) is 0 Å². The first kappa shape index (κ1) is 20.7. The Kier molecular flexibility index (Phi) is 6.41. The van der Waals surface area contributed by atoms with Crippen LogP contribution in [0.2, 0.25) is 10.0 Å². The number of methoxy groups -OCH3 is 2. The molecule has 1 aromatic heterocycles. The molecule has 29 heavy (non-hydrogen) atoms. The molecule has 1 amide bonds. The van der Waals surface area contributed by atoms with Gasteiger partial charge in [0.25, 0.3) is 5.91 Å². The third kappa shape index (κ3) is 4.70. The smallest absolute Gasteiger partial charge is 0.289 e. The van der Waals surface area contributed by atoms with Gasteiger partial charge in [0.1, 0.15) is 5.69 Å². The Morgan fingerprint density at radius 2 is 1.83 bits per heavy atom. The molecule has 0 unspecified atom stereocenters. The second-order valence-corrected chi connectivity index (χ2v) is 6.84. The number of aromatic nitrogens is 2. The topological polar surface area (TPSA) is 88.6 Å². The number of aromatic amines is 1. The number of amides is 1. The number of rotatable bonds is 6. The number of H-pyrrole nitrogens is 1. The molecule has 2 aromatic carbocycles. The Morgan fingerprint density at radius 3 is 2.52 bits per heavy atom. The van der Waals surface area contributed by atoms with E-state index in [1.807, 2.05) is 6.07 Å². The Bertz CT molecular complexity index is 1080. The van der Waals surface area contributed by atoms with Crippen molar-refractivity contribution < 1.29 is 14.3 Å². The number of nitrogens with zero attached hydrogens (tertiary/aromatic N) is 2. The van der Waals surface area contributed by atoms with E-state index >= 15 is 0 Å². The third-order valence-corrected chi connectivity index (χ3v) is 4.70. The summed E-state index contributed by atoms with van der Waals surface area (Å²) < 4.78 is 10.5. The molecule has 1 heterocycles. The van der Waals surface area contributed by atoms with Crippen LogP contribution in [0.15, 0.2) is 47.6 Å². The van der Waals surface area contributed by atoms with Gasteiger partial charge in [0.2, 0.25) is 0 Å². The highest BCUT2D eigenvalue weighted by molar-refractivity contribution is 6.36. The molecule has 9 heteroatoms. The monoisotopic (exact) mass is 432 g/mol. The third-order valence-electron chi connectivity index (χ3n) is 4.16. The van der Waals surface area contributed by atoms with Crippen LogP contribution in [0, 0.1) is 0 Å². The van der Waals surface area contributed by atoms with Crippen molar-refractivity contribution in [1.82, 2.24) is 15.6 Å². The molecule has 0 saturated carbocycles. The van der Waals surface area contributed by atoms with Gasteiger partial charge in [-0.25, -0.2) is 5.43 Å². The van der Waals surface area contributed by atoms with Crippen molar-refractivity contribution in [2.45, 2.75) is 6.92 Å². The van der Waals surface area contributed by atoms with E-state index in [2.05, 4.69) is 20.7 Å². The first-order chi connectivity index (χ1) is 13.9. The molecular formula is C20H18Cl2N4O3. The number of carbonyl (C=O) groups is 1. The fourth-order valence-corrected chi connectivity index (χ4v) is 3.10. The van der Waals surface area contributed by atoms with Crippen molar-refractivity contribution in [1.29, 1.82) is 0 Å². The van der Waals surface area contributed by atoms with E-state index < -0.39 is 5.91 Å². The standard InChI is InChI=1S/C20H18Cl2N4O3/c1-11(12-4-7-18(28-2)19(8-12)29-3)23-26-20(27)17-10-16(24-25-17)14-6-5-13(21)9-15(14)22/h4-10H,1-3H3,(H,24,25)(H,26,27)/b23-11-. The van der Waals surface area contributed by atoms with E-state index in [9.17, 15) is 4.79 Å². The molecule has 7 nitrogen and oxygen atoms in total. The molecule has 0 atom stereocenters. The van der Waals surface area contributed by atoms with Gasteiger partial charge in [0.05, 0.1) is 30.6 Å². The quantitative estimate of drug-likeness (QED) is 0.441. The lowest BCUT2D eigenvalue weighted by Crippen LogP contribution is -2.19. The lowest BCUT2D eigenvalue weighted by molar-refractivity contribution is 0.0950. The fraction of sp³-hybridized carbons (Fsp3) is 0.150. The molecule has 0 fully saturated rings. The van der Waals surface area contributed by atoms with Gasteiger partial charge in [-0.1, -0.05) is 23.2 Å². The van der Waals surface area contributed by atoms with E-state index in [0.717, 1.165) is 5.56 Å². The second kappa shape index (κ2) is 8.98. The SMILES string of the molecule is COc1ccc(/C(C)=N\NC(=O)c2cc(-c3ccc(Cl)cc3Cl)n[nH]2)cc1OC. The zero-order valence-corrected chi connectivity index (χ0v) is 17.4. The molecular weight excluding hydrogens is 415 g/mol. The van der Waals surface area contributed by atoms with Crippen LogP contribution in [-0.2, 0) is 0 Å². The van der Waals surface area contributed by atoms with Gasteiger partial charge in [0, 0.05) is 16.1 Å². The molecule has 0 bridgehead atoms. The lowest BCUT2D eigenvalue weighted by Gasteiger charge is -2.09. The summed E-state index contributed by atoms with van der Waals surface area (Å²) in [6.07, 6.45) is 0. The van der Waals surface area contributed by atoms with E-state index in [1.165, 1.54) is 0 Å². The van der Waals surface area contributed by atoms with Crippen LogP contribution in [0.1, 0.15) is 23.0 Å². The molecule has 0 radical (unpaired) electrons. The Morgan fingerprint density at radius 1 is 1.07 bits per heavy atom. The maximum Gasteiger partial charge on any atom is 0.289 e. The van der Waals surface area contributed by atoms with Gasteiger partial charge >= 0.3 is 0 Å². The number of hydrogen-bond acceptors (Lipinski definition) is 5. The van der Waals surface area contributed by atoms with Gasteiger partial charge in [-0.2, -0.15) is 10.2 Å². The predicted octanol–water partition coefficient (Wildman–Crippen LogP) is 4.55. The Labute approximate surface area is 177 Å². The van der Waals surface area contributed by atoms with Gasteiger partial charge in [0.15, 0.2) is 11.5 Å². The first-order valence-corrected chi connectivity index (χ1v) is 9.26. The molecule has 3 aromatic rings. The van der Waals surface area contributed by atoms with Crippen molar-refractivity contribution in [2.75, 3.05) is 14.2 Å². The number of benzene rings is 2. The molecule has 0 spiro atoms. The number of nitrogens with one attached hydrogen (secondary N) is 2. The number of halogens is 2. The summed E-state index contributed by atoms with van der Waals surface area (Å²) in [7, 11) is 3.12. The van der Waals surface area contributed by atoms with Crippen molar-refractivity contribution in [3.63, 3.8) is 0 Å². The van der Waals surface area contributed by atoms with Crippen molar-refractivity contribution in [2.24, 2.45) is 5.10 Å². The van der Waals surface area contributed by atoms with Crippen molar-refractivity contribution >= 4 is 34.8 Å². The maximum absolute atomic E-state index is 12.4. The summed E-state index contributed by atoms with van der Waals surface area (Å²) in [5.74, 6) is 0.747. The van der Waals surface area contributed by atoms with Gasteiger partial charge in [-0.3, -0.25) is 9.89 Å². The minimum atomic E-state index is -0.436. The highest BCUT2D eigenvalue weighted by Gasteiger charge is 2.13. The predicted molar refractivity (Wildman–Crippen MR) is 113 cm³/mol. The largest absolute Gasteiger partial charge is 0.493 e. The van der Waals surface area contributed by atoms with Crippen LogP contribution < -0.4 is 14.9 Å². The average molecular weight is 433 g/mol. The number of carbonyl (C=O) groups excluding carboxylic acids is 1. The second-order valence-electron chi connectivity index (χ2n) is 6.00. The Balaban J connectivity index is 1.74. The van der Waals surface area contributed by atoms with Crippen LogP contribution in [-0.4, -0.2) is 36.0 Å². The molecule has 2 N–H and O–H groups in total. The summed E-state index contributed by atoms with van der Waals surface area (Å²) >= 11 is 12.1. The van der Waals surface area contributed by atoms with E-state index in [-0.39, 0.29) is 5.69 Å². The van der Waals surface area contributed by atoms with E-state index in [1.54, 1.807) is 57.5 Å². The normalized spacial score (nSPS) is 11.3. The Hall–Kier alpha value is -3.03. The number of hydrogen-bond donors (Lipinski definition) is 2. The maximum atomic E-state index is 12.4. The summed E-state index contributed by atoms with van der Waals surface area (Å²) in [5, 5.41) is 11.9. The molecule has 0 aliphatic rings. The first-order valence-electron chi connectivity index (χ1n) is 8.50. The molecule has 3 rings (SSSR count). The summed E-state index contributed by atoms with van der Waals surface area (Å²) in [6.45, 7) is 1.77. The summed E-state index contributed by atoms with van der Waals surface area (Å²) in [4.78, 5) is 12.4. The lowest BCUT2D eigenvalue weighted by atomic mass is 10.1. The van der Waals surface area contributed by atoms with Gasteiger partial charge in [-0.15, -0.1) is 0 Å². The van der Waals surface area contributed by atoms with Crippen LogP contribution in [0.25, 0.3) is 11.3 Å². The molecule has 0 saturated heterocycles. The molecule has 150 valence electrons. The van der Waals surface area contributed by atoms with Crippen LogP contribution in [0.5, 0.6) is 11.5 Å². The van der Waals surface area contributed by atoms with Crippen LogP contribution in [0.4, 0.5) is 0 Å². The molecule has 0 aliphatic heterocycles. The number of hydrazone groups is 1. The summed E-state index contributed by atoms with van der Waals surface area (Å²) in [5.41, 5.74) is 5.31. The van der Waals surface area contributed by atoms with E-state index in [0.29, 0.717) is 38.5 Å². The van der Waals surface area contributed by atoms with E-state index in [4.69, 9.17) is 32.7 Å². The minimum absolute atomic E-state index is 0.245. The van der Waals surface area contributed by atoms with Crippen molar-refractivity contribution in [3.05, 3.63) is 63.8 Å². The zero-order chi connectivity index (χ0) is 21.0.